The highest BCUT2D eigenvalue weighted by Crippen LogP contribution is 2.22. The van der Waals surface area contributed by atoms with Gasteiger partial charge in [-0.05, 0) is 35.3 Å². The summed E-state index contributed by atoms with van der Waals surface area (Å²) in [6.45, 7) is 2.53. The summed E-state index contributed by atoms with van der Waals surface area (Å²) in [4.78, 5) is 11.2. The van der Waals surface area contributed by atoms with Gasteiger partial charge >= 0.3 is 14.0 Å². The molecule has 1 unspecified atom stereocenters. The Balaban J connectivity index is 2.61. The summed E-state index contributed by atoms with van der Waals surface area (Å²) in [5.41, 5.74) is 0.438. The summed E-state index contributed by atoms with van der Waals surface area (Å²) in [6, 6.07) is 6.41. The van der Waals surface area contributed by atoms with Gasteiger partial charge in [-0.25, -0.2) is 4.79 Å². The van der Waals surface area contributed by atoms with Crippen LogP contribution in [0, 0.1) is 0 Å². The van der Waals surface area contributed by atoms with E-state index < -0.39 is 14.0 Å². The molecule has 0 aliphatic heterocycles. The number of carbonyl (C=O) groups is 1. The van der Waals surface area contributed by atoms with E-state index in [-0.39, 0.29) is 0 Å². The standard InChI is InChI=1S/C12H16O4P/c1-3-4-9-16-17(14)11-7-5-10(6-8-11)12(13)15-2/h5-8H,3-4,9H2,1-2H3/q+1. The summed E-state index contributed by atoms with van der Waals surface area (Å²) in [6.07, 6.45) is 1.89. The van der Waals surface area contributed by atoms with Crippen LogP contribution in [0.3, 0.4) is 0 Å². The Labute approximate surface area is 102 Å². The van der Waals surface area contributed by atoms with Gasteiger partial charge in [0, 0.05) is 0 Å². The normalized spacial score (nSPS) is 11.1. The molecule has 0 aliphatic rings. The number of methoxy groups -OCH3 is 1. The van der Waals surface area contributed by atoms with Crippen molar-refractivity contribution in [2.45, 2.75) is 19.8 Å². The topological polar surface area (TPSA) is 52.6 Å². The van der Waals surface area contributed by atoms with E-state index in [1.165, 1.54) is 7.11 Å². The van der Waals surface area contributed by atoms with Gasteiger partial charge < -0.3 is 4.74 Å². The highest BCUT2D eigenvalue weighted by molar-refractivity contribution is 7.48. The Bertz CT molecular complexity index is 386. The van der Waals surface area contributed by atoms with E-state index in [1.807, 2.05) is 6.92 Å². The van der Waals surface area contributed by atoms with Gasteiger partial charge in [-0.3, -0.25) is 0 Å². The monoisotopic (exact) mass is 255 g/mol. The van der Waals surface area contributed by atoms with Gasteiger partial charge in [-0.15, -0.1) is 4.52 Å². The molecule has 4 nitrogen and oxygen atoms in total. The Hall–Kier alpha value is -1.25. The predicted molar refractivity (Wildman–Crippen MR) is 65.9 cm³/mol. The lowest BCUT2D eigenvalue weighted by atomic mass is 10.2. The predicted octanol–water partition coefficient (Wildman–Crippen LogP) is 2.66. The molecule has 0 radical (unpaired) electrons. The van der Waals surface area contributed by atoms with Crippen molar-refractivity contribution in [2.75, 3.05) is 13.7 Å². The first-order valence-corrected chi connectivity index (χ1v) is 6.65. The molecule has 0 bridgehead atoms. The minimum absolute atomic E-state index is 0.404. The van der Waals surface area contributed by atoms with Crippen molar-refractivity contribution in [2.24, 2.45) is 0 Å². The van der Waals surface area contributed by atoms with Crippen LogP contribution in [0.15, 0.2) is 24.3 Å². The second kappa shape index (κ2) is 7.15. The van der Waals surface area contributed by atoms with Crippen LogP contribution in [0.4, 0.5) is 0 Å². The van der Waals surface area contributed by atoms with Crippen LogP contribution in [0.1, 0.15) is 30.1 Å². The van der Waals surface area contributed by atoms with Gasteiger partial charge in [0.1, 0.15) is 6.61 Å². The van der Waals surface area contributed by atoms with Crippen LogP contribution in [0.5, 0.6) is 0 Å². The Morgan fingerprint density at radius 1 is 1.29 bits per heavy atom. The van der Waals surface area contributed by atoms with E-state index in [4.69, 9.17) is 4.52 Å². The third kappa shape index (κ3) is 4.25. The van der Waals surface area contributed by atoms with Gasteiger partial charge in [0.25, 0.3) is 0 Å². The smallest absolute Gasteiger partial charge is 0.465 e. The summed E-state index contributed by atoms with van der Waals surface area (Å²) in [5, 5.41) is 0.587. The zero-order chi connectivity index (χ0) is 12.7. The molecule has 17 heavy (non-hydrogen) atoms. The lowest BCUT2D eigenvalue weighted by Gasteiger charge is -1.97. The van der Waals surface area contributed by atoms with Crippen molar-refractivity contribution in [3.63, 3.8) is 0 Å². The van der Waals surface area contributed by atoms with Crippen molar-refractivity contribution >= 4 is 19.3 Å². The zero-order valence-electron chi connectivity index (χ0n) is 10.0. The van der Waals surface area contributed by atoms with Crippen molar-refractivity contribution in [3.8, 4) is 0 Å². The average Bonchev–Trinajstić information content (AvgIpc) is 2.38. The van der Waals surface area contributed by atoms with Crippen LogP contribution in [0.25, 0.3) is 0 Å². The van der Waals surface area contributed by atoms with Crippen molar-refractivity contribution in [1.82, 2.24) is 0 Å². The molecule has 1 atom stereocenters. The van der Waals surface area contributed by atoms with E-state index in [0.717, 1.165) is 12.8 Å². The number of benzene rings is 1. The fourth-order valence-electron chi connectivity index (χ4n) is 1.20. The van der Waals surface area contributed by atoms with Gasteiger partial charge in [0.2, 0.25) is 5.30 Å². The number of esters is 1. The Morgan fingerprint density at radius 3 is 2.47 bits per heavy atom. The Morgan fingerprint density at radius 2 is 1.94 bits per heavy atom. The number of hydrogen-bond donors (Lipinski definition) is 0. The molecule has 5 heteroatoms. The number of carbonyl (C=O) groups excluding carboxylic acids is 1. The summed E-state index contributed by atoms with van der Waals surface area (Å²) in [7, 11) is -0.501. The number of rotatable bonds is 6. The van der Waals surface area contributed by atoms with Crippen LogP contribution < -0.4 is 5.30 Å². The molecule has 0 spiro atoms. The van der Waals surface area contributed by atoms with Crippen LogP contribution in [-0.4, -0.2) is 19.7 Å². The molecule has 0 saturated heterocycles. The first-order chi connectivity index (χ1) is 8.19. The first kappa shape index (κ1) is 13.8. The van der Waals surface area contributed by atoms with E-state index in [2.05, 4.69) is 4.74 Å². The molecule has 1 aromatic rings. The van der Waals surface area contributed by atoms with Crippen molar-refractivity contribution in [1.29, 1.82) is 0 Å². The minimum Gasteiger partial charge on any atom is -0.465 e. The molecular weight excluding hydrogens is 239 g/mol. The van der Waals surface area contributed by atoms with Crippen molar-refractivity contribution in [3.05, 3.63) is 29.8 Å². The summed E-state index contributed by atoms with van der Waals surface area (Å²) < 4.78 is 21.4. The van der Waals surface area contributed by atoms with Gasteiger partial charge in [-0.2, -0.15) is 0 Å². The fraction of sp³-hybridized carbons (Fsp3) is 0.417. The van der Waals surface area contributed by atoms with E-state index in [0.29, 0.717) is 17.5 Å². The molecule has 0 amide bonds. The zero-order valence-corrected chi connectivity index (χ0v) is 10.9. The van der Waals surface area contributed by atoms with Gasteiger partial charge in [0.05, 0.1) is 12.7 Å². The highest BCUT2D eigenvalue weighted by atomic mass is 31.1. The van der Waals surface area contributed by atoms with Crippen LogP contribution in [0.2, 0.25) is 0 Å². The second-order valence-electron chi connectivity index (χ2n) is 3.48. The third-order valence-corrected chi connectivity index (χ3v) is 3.34. The number of hydrogen-bond acceptors (Lipinski definition) is 4. The molecule has 0 aliphatic carbocycles. The molecule has 0 saturated carbocycles. The minimum atomic E-state index is -1.83. The number of ether oxygens (including phenoxy) is 1. The maximum Gasteiger partial charge on any atom is 0.548 e. The summed E-state index contributed by atoms with van der Waals surface area (Å²) >= 11 is 0. The summed E-state index contributed by atoms with van der Waals surface area (Å²) in [5.74, 6) is -0.404. The largest absolute Gasteiger partial charge is 0.548 e. The van der Waals surface area contributed by atoms with E-state index in [9.17, 15) is 9.36 Å². The quantitative estimate of drug-likeness (QED) is 0.445. The molecule has 0 aromatic heterocycles. The van der Waals surface area contributed by atoms with Crippen LogP contribution in [-0.2, 0) is 13.8 Å². The maximum absolute atomic E-state index is 11.7. The molecule has 0 fully saturated rings. The highest BCUT2D eigenvalue weighted by Gasteiger charge is 2.22. The lowest BCUT2D eigenvalue weighted by Crippen LogP contribution is -2.04. The van der Waals surface area contributed by atoms with Crippen LogP contribution >= 0.6 is 8.03 Å². The lowest BCUT2D eigenvalue weighted by molar-refractivity contribution is 0.0600. The molecule has 1 rings (SSSR count). The Kier molecular flexibility index (Phi) is 5.81. The van der Waals surface area contributed by atoms with Crippen molar-refractivity contribution < 1.29 is 18.6 Å². The molecule has 0 N–H and O–H groups in total. The maximum atomic E-state index is 11.7. The SMILES string of the molecule is CCCCO[P+](=O)c1ccc(C(=O)OC)cc1. The van der Waals surface area contributed by atoms with E-state index >= 15 is 0 Å². The van der Waals surface area contributed by atoms with E-state index in [1.54, 1.807) is 24.3 Å². The van der Waals surface area contributed by atoms with Gasteiger partial charge in [0.15, 0.2) is 0 Å². The third-order valence-electron chi connectivity index (χ3n) is 2.21. The molecular formula is C12H16O4P+. The number of unbranched alkanes of at least 4 members (excludes halogenated alkanes) is 1. The molecule has 0 heterocycles. The van der Waals surface area contributed by atoms with Gasteiger partial charge in [-0.1, -0.05) is 13.3 Å². The fourth-order valence-corrected chi connectivity index (χ4v) is 2.04. The average molecular weight is 255 g/mol. The molecule has 1 aromatic carbocycles. The molecule has 92 valence electrons. The first-order valence-electron chi connectivity index (χ1n) is 5.47. The second-order valence-corrected chi connectivity index (χ2v) is 4.77.